The van der Waals surface area contributed by atoms with Crippen molar-refractivity contribution in [2.75, 3.05) is 31.1 Å². The number of aromatic nitrogens is 2. The minimum absolute atomic E-state index is 0.326. The number of aryl methyl sites for hydroxylation is 1. The average molecular weight is 474 g/mol. The number of nitrogens with one attached hydrogen (secondary N) is 1. The third-order valence-electron chi connectivity index (χ3n) is 6.67. The molecular weight excluding hydrogens is 444 g/mol. The summed E-state index contributed by atoms with van der Waals surface area (Å²) in [6.45, 7) is 7.60. The molecule has 5 nitrogen and oxygen atoms in total. The Balaban J connectivity index is 1.26. The third-order valence-corrected chi connectivity index (χ3v) is 6.67. The maximum atomic E-state index is 14.5. The number of hydrogen-bond donors (Lipinski definition) is 1. The van der Waals surface area contributed by atoms with Crippen LogP contribution in [-0.2, 0) is 6.54 Å². The van der Waals surface area contributed by atoms with Crippen LogP contribution in [0.4, 0.5) is 14.7 Å². The minimum Gasteiger partial charge on any atom is -0.340 e. The summed E-state index contributed by atoms with van der Waals surface area (Å²) in [5.41, 5.74) is 5.52. The summed E-state index contributed by atoms with van der Waals surface area (Å²) in [6, 6.07) is 20.0. The smallest absolute Gasteiger partial charge is 0.209 e. The molecule has 1 N–H and O–H groups in total. The Hall–Kier alpha value is -3.58. The number of halogens is 2. The second-order valence-corrected chi connectivity index (χ2v) is 9.14. The summed E-state index contributed by atoms with van der Waals surface area (Å²) >= 11 is 0. The van der Waals surface area contributed by atoms with E-state index in [4.69, 9.17) is 10.4 Å². The molecule has 1 aromatic heterocycles. The highest BCUT2D eigenvalue weighted by Crippen LogP contribution is 2.28. The molecule has 7 heteroatoms. The van der Waals surface area contributed by atoms with E-state index in [0.717, 1.165) is 54.9 Å². The number of nitrogens with zero attached hydrogens (tertiary/aromatic N) is 4. The zero-order valence-electron chi connectivity index (χ0n) is 20.0. The molecule has 1 unspecified atom stereocenters. The highest BCUT2D eigenvalue weighted by Gasteiger charge is 2.24. The molecule has 0 spiro atoms. The molecule has 3 aromatic carbocycles. The molecule has 1 saturated heterocycles. The molecule has 2 heterocycles. The van der Waals surface area contributed by atoms with Gasteiger partial charge in [0.1, 0.15) is 5.82 Å². The van der Waals surface area contributed by atoms with Gasteiger partial charge in [0, 0.05) is 43.9 Å². The summed E-state index contributed by atoms with van der Waals surface area (Å²) in [6.07, 6.45) is -1.15. The number of imidazole rings is 1. The second kappa shape index (κ2) is 9.58. The van der Waals surface area contributed by atoms with Crippen LogP contribution in [0, 0.1) is 18.2 Å². The van der Waals surface area contributed by atoms with Crippen molar-refractivity contribution in [3.8, 4) is 0 Å². The Labute approximate surface area is 204 Å². The minimum atomic E-state index is -1.15. The summed E-state index contributed by atoms with van der Waals surface area (Å²) < 4.78 is 29.8. The van der Waals surface area contributed by atoms with E-state index >= 15 is 0 Å². The molecular formula is C28H29F2N5. The van der Waals surface area contributed by atoms with Crippen molar-refractivity contribution in [3.63, 3.8) is 0 Å². The van der Waals surface area contributed by atoms with Gasteiger partial charge in [-0.1, -0.05) is 42.5 Å². The van der Waals surface area contributed by atoms with E-state index in [-0.39, 0.29) is 5.82 Å². The monoisotopic (exact) mass is 473 g/mol. The predicted molar refractivity (Wildman–Crippen MR) is 137 cm³/mol. The largest absolute Gasteiger partial charge is 0.340 e. The van der Waals surface area contributed by atoms with Crippen LogP contribution in [0.1, 0.15) is 35.5 Å². The molecule has 0 bridgehead atoms. The van der Waals surface area contributed by atoms with Gasteiger partial charge in [-0.05, 0) is 49.2 Å². The number of benzene rings is 3. The van der Waals surface area contributed by atoms with Crippen LogP contribution in [0.2, 0.25) is 0 Å². The molecule has 1 fully saturated rings. The molecule has 35 heavy (non-hydrogen) atoms. The SMILES string of the molecule is Cc1cc(CN2CCN(c3nc4ccccc4n3C(C)F)CC2)ccc1C(=N)c1cccc(F)c1. The number of piperazine rings is 1. The van der Waals surface area contributed by atoms with Gasteiger partial charge in [0.2, 0.25) is 5.95 Å². The number of hydrogen-bond acceptors (Lipinski definition) is 4. The summed E-state index contributed by atoms with van der Waals surface area (Å²) in [5, 5.41) is 8.51. The van der Waals surface area contributed by atoms with Crippen LogP contribution in [0.3, 0.4) is 0 Å². The van der Waals surface area contributed by atoms with Crippen molar-refractivity contribution in [3.05, 3.63) is 94.8 Å². The molecule has 4 aromatic rings. The summed E-state index contributed by atoms with van der Waals surface area (Å²) in [7, 11) is 0. The average Bonchev–Trinajstić information content (AvgIpc) is 3.24. The van der Waals surface area contributed by atoms with Gasteiger partial charge in [0.05, 0.1) is 16.7 Å². The predicted octanol–water partition coefficient (Wildman–Crippen LogP) is 5.71. The number of fused-ring (bicyclic) bond motifs is 1. The lowest BCUT2D eigenvalue weighted by Crippen LogP contribution is -2.46. The quantitative estimate of drug-likeness (QED) is 0.365. The molecule has 1 aliphatic rings. The first-order valence-electron chi connectivity index (χ1n) is 11.9. The first-order valence-corrected chi connectivity index (χ1v) is 11.9. The van der Waals surface area contributed by atoms with Gasteiger partial charge in [-0.15, -0.1) is 0 Å². The zero-order chi connectivity index (χ0) is 24.5. The summed E-state index contributed by atoms with van der Waals surface area (Å²) in [4.78, 5) is 9.27. The summed E-state index contributed by atoms with van der Waals surface area (Å²) in [5.74, 6) is 0.356. The van der Waals surface area contributed by atoms with Crippen molar-refractivity contribution in [1.82, 2.24) is 14.5 Å². The number of rotatable bonds is 6. The Bertz CT molecular complexity index is 1370. The zero-order valence-corrected chi connectivity index (χ0v) is 20.0. The van der Waals surface area contributed by atoms with Crippen molar-refractivity contribution in [1.29, 1.82) is 5.41 Å². The van der Waals surface area contributed by atoms with Gasteiger partial charge >= 0.3 is 0 Å². The molecule has 180 valence electrons. The fourth-order valence-corrected chi connectivity index (χ4v) is 4.87. The lowest BCUT2D eigenvalue weighted by atomic mass is 9.96. The second-order valence-electron chi connectivity index (χ2n) is 9.14. The van der Waals surface area contributed by atoms with Gasteiger partial charge in [-0.25, -0.2) is 13.8 Å². The van der Waals surface area contributed by atoms with Crippen LogP contribution in [0.25, 0.3) is 11.0 Å². The molecule has 1 aliphatic heterocycles. The van der Waals surface area contributed by atoms with Crippen LogP contribution < -0.4 is 4.90 Å². The van der Waals surface area contributed by atoms with Gasteiger partial charge in [-0.3, -0.25) is 14.9 Å². The molecule has 0 radical (unpaired) electrons. The van der Waals surface area contributed by atoms with E-state index < -0.39 is 6.30 Å². The lowest BCUT2D eigenvalue weighted by Gasteiger charge is -2.35. The van der Waals surface area contributed by atoms with Crippen molar-refractivity contribution in [2.24, 2.45) is 0 Å². The standard InChI is InChI=1S/C28H29F2N5/c1-19-16-21(10-11-24(19)27(31)22-6-5-7-23(30)17-22)18-33-12-14-34(15-13-33)28-32-25-8-3-4-9-26(25)35(28)20(2)29/h3-11,16-17,20,31H,12-15,18H2,1-2H3. The third kappa shape index (κ3) is 4.68. The van der Waals surface area contributed by atoms with Gasteiger partial charge in [-0.2, -0.15) is 0 Å². The van der Waals surface area contributed by atoms with Crippen LogP contribution in [-0.4, -0.2) is 46.3 Å². The first kappa shape index (κ1) is 23.2. The van der Waals surface area contributed by atoms with Crippen LogP contribution >= 0.6 is 0 Å². The van der Waals surface area contributed by atoms with Crippen molar-refractivity contribution in [2.45, 2.75) is 26.7 Å². The number of anilines is 1. The number of alkyl halides is 1. The number of para-hydroxylation sites is 2. The van der Waals surface area contributed by atoms with E-state index in [9.17, 15) is 8.78 Å². The van der Waals surface area contributed by atoms with Crippen molar-refractivity contribution < 1.29 is 8.78 Å². The highest BCUT2D eigenvalue weighted by molar-refractivity contribution is 6.11. The van der Waals surface area contributed by atoms with Crippen LogP contribution in [0.5, 0.6) is 0 Å². The molecule has 5 rings (SSSR count). The Morgan fingerprint density at radius 3 is 2.49 bits per heavy atom. The lowest BCUT2D eigenvalue weighted by molar-refractivity contribution is 0.241. The van der Waals surface area contributed by atoms with E-state index in [1.165, 1.54) is 17.7 Å². The molecule has 0 amide bonds. The Morgan fingerprint density at radius 2 is 1.77 bits per heavy atom. The Kier molecular flexibility index (Phi) is 6.34. The maximum Gasteiger partial charge on any atom is 0.209 e. The molecule has 0 saturated carbocycles. The van der Waals surface area contributed by atoms with Crippen LogP contribution in [0.15, 0.2) is 66.7 Å². The molecule has 1 atom stereocenters. The Morgan fingerprint density at radius 1 is 1.00 bits per heavy atom. The first-order chi connectivity index (χ1) is 16.9. The van der Waals surface area contributed by atoms with E-state index in [1.54, 1.807) is 23.6 Å². The van der Waals surface area contributed by atoms with Gasteiger partial charge in [0.25, 0.3) is 0 Å². The van der Waals surface area contributed by atoms with E-state index in [0.29, 0.717) is 17.2 Å². The van der Waals surface area contributed by atoms with E-state index in [1.807, 2.05) is 43.3 Å². The maximum absolute atomic E-state index is 14.5. The molecule has 0 aliphatic carbocycles. The van der Waals surface area contributed by atoms with Gasteiger partial charge in [0.15, 0.2) is 6.30 Å². The fraction of sp³-hybridized carbons (Fsp3) is 0.286. The highest BCUT2D eigenvalue weighted by atomic mass is 19.1. The fourth-order valence-electron chi connectivity index (χ4n) is 4.87. The van der Waals surface area contributed by atoms with Gasteiger partial charge < -0.3 is 4.90 Å². The normalized spacial score (nSPS) is 15.5. The topological polar surface area (TPSA) is 48.2 Å². The van der Waals surface area contributed by atoms with E-state index in [2.05, 4.69) is 15.9 Å². The van der Waals surface area contributed by atoms with Crippen molar-refractivity contribution >= 4 is 22.7 Å².